The fraction of sp³-hybridized carbons (Fsp3) is 0.0541. The number of fused-ring (bicyclic) bond motifs is 10. The molecule has 0 saturated heterocycles. The molecule has 3 heterocycles. The van der Waals surface area contributed by atoms with E-state index in [9.17, 15) is 0 Å². The van der Waals surface area contributed by atoms with E-state index in [1.807, 2.05) is 11.3 Å². The van der Waals surface area contributed by atoms with E-state index in [0.29, 0.717) is 5.25 Å². The van der Waals surface area contributed by atoms with Crippen LogP contribution in [0.3, 0.4) is 0 Å². The van der Waals surface area contributed by atoms with Gasteiger partial charge in [-0.2, -0.15) is 0 Å². The zero-order valence-corrected chi connectivity index (χ0v) is 24.2. The van der Waals surface area contributed by atoms with Crippen LogP contribution in [0.4, 0.5) is 0 Å². The lowest BCUT2D eigenvalue weighted by Crippen LogP contribution is -2.12. The number of rotatable bonds is 2. The maximum Gasteiger partial charge on any atom is 0.175 e. The van der Waals surface area contributed by atoms with Crippen molar-refractivity contribution in [2.45, 2.75) is 16.6 Å². The van der Waals surface area contributed by atoms with Gasteiger partial charge in [0, 0.05) is 42.1 Å². The first-order valence-electron chi connectivity index (χ1n) is 13.8. The molecule has 0 N–H and O–H groups in total. The Labute approximate surface area is 243 Å². The van der Waals surface area contributed by atoms with Crippen molar-refractivity contribution in [2.75, 3.05) is 0 Å². The second-order valence-electron chi connectivity index (χ2n) is 10.7. The minimum Gasteiger partial charge on any atom is -0.135 e. The van der Waals surface area contributed by atoms with Crippen molar-refractivity contribution < 1.29 is 0 Å². The van der Waals surface area contributed by atoms with Crippen molar-refractivity contribution >= 4 is 68.3 Å². The summed E-state index contributed by atoms with van der Waals surface area (Å²) in [5, 5.41) is 6.45. The van der Waals surface area contributed by atoms with E-state index in [2.05, 4.69) is 139 Å². The fourth-order valence-electron chi connectivity index (χ4n) is 6.67. The highest BCUT2D eigenvalue weighted by atomic mass is 32.2. The predicted molar refractivity (Wildman–Crippen MR) is 177 cm³/mol. The first-order valence-corrected chi connectivity index (χ1v) is 16.8. The Kier molecular flexibility index (Phi) is 5.14. The summed E-state index contributed by atoms with van der Waals surface area (Å²) in [7, 11) is -0.576. The van der Waals surface area contributed by atoms with Gasteiger partial charge in [-0.05, 0) is 65.6 Å². The van der Waals surface area contributed by atoms with E-state index >= 15 is 0 Å². The standard InChI is InChI=1S/C37H24PS2/c1-3-11-23(12-4-1)19-25-20-24-21-30-31(22-29(24)36-34(25)27-15-7-9-17-32(27)39-36)38(26-13-5-2-6-14-26)35-28-16-8-10-18-33(28)40-37(30)35/h1-19,21-22,37H,20H2/q+1/b25-19-. The lowest BCUT2D eigenvalue weighted by atomic mass is 9.83. The molecule has 0 fully saturated rings. The molecule has 0 radical (unpaired) electrons. The Bertz CT molecular complexity index is 2050. The summed E-state index contributed by atoms with van der Waals surface area (Å²) in [5.41, 5.74) is 10.1. The second-order valence-corrected chi connectivity index (χ2v) is 15.0. The first-order chi connectivity index (χ1) is 19.8. The number of hydrogen-bond acceptors (Lipinski definition) is 2. The van der Waals surface area contributed by atoms with Gasteiger partial charge in [-0.25, -0.2) is 0 Å². The van der Waals surface area contributed by atoms with E-state index in [0.717, 1.165) is 6.42 Å². The average molecular weight is 564 g/mol. The van der Waals surface area contributed by atoms with E-state index in [1.165, 1.54) is 64.1 Å². The maximum absolute atomic E-state index is 2.60. The van der Waals surface area contributed by atoms with Gasteiger partial charge in [0.1, 0.15) is 5.25 Å². The van der Waals surface area contributed by atoms with Crippen molar-refractivity contribution in [3.8, 4) is 10.4 Å². The molecule has 0 nitrogen and oxygen atoms in total. The highest BCUT2D eigenvalue weighted by Gasteiger charge is 2.48. The van der Waals surface area contributed by atoms with Crippen molar-refractivity contribution in [1.82, 2.24) is 0 Å². The van der Waals surface area contributed by atoms with Crippen LogP contribution in [0.2, 0.25) is 0 Å². The minimum absolute atomic E-state index is 0.411. The van der Waals surface area contributed by atoms with Crippen LogP contribution in [-0.2, 0) is 6.42 Å². The number of hydrogen-bond donors (Lipinski definition) is 0. The van der Waals surface area contributed by atoms with E-state index in [-0.39, 0.29) is 0 Å². The molecule has 0 spiro atoms. The Hall–Kier alpha value is -3.68. The summed E-state index contributed by atoms with van der Waals surface area (Å²) < 4.78 is 1.38. The highest BCUT2D eigenvalue weighted by molar-refractivity contribution is 8.02. The van der Waals surface area contributed by atoms with Gasteiger partial charge in [-0.1, -0.05) is 84.9 Å². The van der Waals surface area contributed by atoms with Gasteiger partial charge in [-0.15, -0.1) is 23.1 Å². The molecule has 2 atom stereocenters. The topological polar surface area (TPSA) is 0 Å². The lowest BCUT2D eigenvalue weighted by molar-refractivity contribution is 1.24. The van der Waals surface area contributed by atoms with Crippen molar-refractivity contribution in [3.63, 3.8) is 0 Å². The molecular formula is C37H24PS2+. The molecule has 3 heteroatoms. The molecule has 1 aliphatic carbocycles. The van der Waals surface area contributed by atoms with Gasteiger partial charge in [-0.3, -0.25) is 0 Å². The van der Waals surface area contributed by atoms with Crippen LogP contribution in [-0.4, -0.2) is 5.29 Å². The number of allylic oxidation sites excluding steroid dienone is 1. The van der Waals surface area contributed by atoms with E-state index in [4.69, 9.17) is 0 Å². The van der Waals surface area contributed by atoms with Crippen LogP contribution in [0.25, 0.3) is 32.2 Å². The molecule has 1 aromatic heterocycles. The van der Waals surface area contributed by atoms with Crippen LogP contribution < -0.4 is 10.6 Å². The molecule has 40 heavy (non-hydrogen) atoms. The highest BCUT2D eigenvalue weighted by Crippen LogP contribution is 2.58. The van der Waals surface area contributed by atoms with Gasteiger partial charge >= 0.3 is 0 Å². The molecule has 188 valence electrons. The Morgan fingerprint density at radius 2 is 1.48 bits per heavy atom. The quantitative estimate of drug-likeness (QED) is 0.189. The van der Waals surface area contributed by atoms with Crippen LogP contribution in [0.1, 0.15) is 33.1 Å². The summed E-state index contributed by atoms with van der Waals surface area (Å²) in [6, 6.07) is 45.3. The van der Waals surface area contributed by atoms with Gasteiger partial charge in [0.15, 0.2) is 23.4 Å². The van der Waals surface area contributed by atoms with Crippen LogP contribution in [0, 0.1) is 0 Å². The molecular weight excluding hydrogens is 540 g/mol. The van der Waals surface area contributed by atoms with Crippen molar-refractivity contribution in [2.24, 2.45) is 0 Å². The molecule has 5 aromatic carbocycles. The Balaban J connectivity index is 1.31. The molecule has 2 aliphatic heterocycles. The summed E-state index contributed by atoms with van der Waals surface area (Å²) in [6.45, 7) is 0. The normalized spacial score (nSPS) is 18.4. The van der Waals surface area contributed by atoms with Crippen LogP contribution in [0.15, 0.2) is 126 Å². The molecule has 9 rings (SSSR count). The zero-order chi connectivity index (χ0) is 26.2. The van der Waals surface area contributed by atoms with Gasteiger partial charge < -0.3 is 0 Å². The smallest absolute Gasteiger partial charge is 0.135 e. The predicted octanol–water partition coefficient (Wildman–Crippen LogP) is 9.48. The fourth-order valence-corrected chi connectivity index (χ4v) is 12.7. The Morgan fingerprint density at radius 3 is 2.35 bits per heavy atom. The van der Waals surface area contributed by atoms with Gasteiger partial charge in [0.05, 0.1) is 0 Å². The van der Waals surface area contributed by atoms with E-state index in [1.54, 1.807) is 10.6 Å². The molecule has 0 saturated carbocycles. The monoisotopic (exact) mass is 563 g/mol. The van der Waals surface area contributed by atoms with Crippen molar-refractivity contribution in [1.29, 1.82) is 0 Å². The average Bonchev–Trinajstić information content (AvgIpc) is 3.67. The van der Waals surface area contributed by atoms with Crippen LogP contribution in [0.5, 0.6) is 0 Å². The molecule has 3 aliphatic rings. The number of benzene rings is 5. The summed E-state index contributed by atoms with van der Waals surface area (Å²) in [6.07, 6.45) is 3.39. The third kappa shape index (κ3) is 3.37. The SMILES string of the molecule is C(=C1\Cc2cc3c(cc2-c2sc4ccccc4c21)[P+](c1ccccc1)=C1c2ccccc2SC13)/c1ccccc1. The second kappa shape index (κ2) is 8.91. The van der Waals surface area contributed by atoms with Crippen molar-refractivity contribution in [3.05, 3.63) is 149 Å². The zero-order valence-electron chi connectivity index (χ0n) is 21.7. The first kappa shape index (κ1) is 23.1. The Morgan fingerprint density at radius 1 is 0.725 bits per heavy atom. The third-order valence-electron chi connectivity index (χ3n) is 8.37. The van der Waals surface area contributed by atoms with Gasteiger partial charge in [0.2, 0.25) is 0 Å². The molecule has 0 amide bonds. The summed E-state index contributed by atoms with van der Waals surface area (Å²) in [4.78, 5) is 2.87. The number of thioether (sulfide) groups is 1. The molecule has 6 aromatic rings. The minimum atomic E-state index is -0.576. The lowest BCUT2D eigenvalue weighted by Gasteiger charge is -2.21. The maximum atomic E-state index is 2.60. The summed E-state index contributed by atoms with van der Waals surface area (Å²) >= 11 is 4.02. The van der Waals surface area contributed by atoms with Gasteiger partial charge in [0.25, 0.3) is 0 Å². The molecule has 0 bridgehead atoms. The number of thiophene rings is 1. The van der Waals surface area contributed by atoms with E-state index < -0.39 is 7.55 Å². The largest absolute Gasteiger partial charge is 0.175 e. The molecule has 2 unspecified atom stereocenters. The third-order valence-corrected chi connectivity index (χ3v) is 13.7. The van der Waals surface area contributed by atoms with Crippen LogP contribution >= 0.6 is 30.6 Å². The summed E-state index contributed by atoms with van der Waals surface area (Å²) in [5.74, 6) is 0.